The fourth-order valence-corrected chi connectivity index (χ4v) is 7.66. The van der Waals surface area contributed by atoms with E-state index in [4.69, 9.17) is 14.4 Å². The quantitative estimate of drug-likeness (QED) is 0.206. The predicted octanol–water partition coefficient (Wildman–Crippen LogP) is 6.21. The van der Waals surface area contributed by atoms with Gasteiger partial charge in [-0.1, -0.05) is 12.1 Å². The molecule has 1 amide bonds. The highest BCUT2D eigenvalue weighted by molar-refractivity contribution is 7.92. The van der Waals surface area contributed by atoms with Gasteiger partial charge in [0.05, 0.1) is 51.9 Å². The summed E-state index contributed by atoms with van der Waals surface area (Å²) in [5.41, 5.74) is 4.39. The van der Waals surface area contributed by atoms with Gasteiger partial charge in [-0.15, -0.1) is 0 Å². The van der Waals surface area contributed by atoms with Crippen LogP contribution in [0.4, 0.5) is 14.5 Å². The maximum atomic E-state index is 15.3. The minimum Gasteiger partial charge on any atom is -0.455 e. The van der Waals surface area contributed by atoms with Gasteiger partial charge in [0, 0.05) is 62.7 Å². The van der Waals surface area contributed by atoms with Gasteiger partial charge in [0.15, 0.2) is 5.76 Å². The van der Waals surface area contributed by atoms with E-state index in [0.29, 0.717) is 56.2 Å². The molecule has 0 saturated carbocycles. The Morgan fingerprint density at radius 3 is 2.42 bits per heavy atom. The van der Waals surface area contributed by atoms with Gasteiger partial charge in [0.1, 0.15) is 28.6 Å². The van der Waals surface area contributed by atoms with Crippen molar-refractivity contribution in [2.45, 2.75) is 13.5 Å². The van der Waals surface area contributed by atoms with Crippen molar-refractivity contribution in [1.82, 2.24) is 29.5 Å². The number of carbonyl (C=O) groups excluding carboxylic acids is 1. The van der Waals surface area contributed by atoms with Crippen molar-refractivity contribution in [3.63, 3.8) is 0 Å². The van der Waals surface area contributed by atoms with E-state index >= 15 is 8.78 Å². The zero-order valence-corrected chi connectivity index (χ0v) is 30.7. The van der Waals surface area contributed by atoms with Crippen molar-refractivity contribution in [2.24, 2.45) is 0 Å². The minimum atomic E-state index is -3.81. The van der Waals surface area contributed by atoms with E-state index in [2.05, 4.69) is 22.2 Å². The molecular formula is C39H37F2N7O4S. The van der Waals surface area contributed by atoms with E-state index in [1.165, 1.54) is 32.3 Å². The summed E-state index contributed by atoms with van der Waals surface area (Å²) in [6, 6.07) is 18.1. The molecular weight excluding hydrogens is 701 g/mol. The highest BCUT2D eigenvalue weighted by Gasteiger charge is 2.28. The number of hydrogen-bond donors (Lipinski definition) is 1. The number of likely N-dealkylation sites (N-methyl/N-ethyl adjacent to an activating group) is 1. The molecule has 14 heteroatoms. The topological polar surface area (TPSA) is 116 Å². The average molecular weight is 738 g/mol. The summed E-state index contributed by atoms with van der Waals surface area (Å²) in [7, 11) is 1.17. The number of aromatic nitrogens is 3. The van der Waals surface area contributed by atoms with Gasteiger partial charge in [-0.25, -0.2) is 27.2 Å². The van der Waals surface area contributed by atoms with Crippen LogP contribution in [-0.4, -0.2) is 92.1 Å². The number of sulfonamides is 1. The molecule has 272 valence electrons. The highest BCUT2D eigenvalue weighted by atomic mass is 32.2. The Labute approximate surface area is 304 Å². The zero-order chi connectivity index (χ0) is 37.3. The highest BCUT2D eigenvalue weighted by Crippen LogP contribution is 2.42. The predicted molar refractivity (Wildman–Crippen MR) is 203 cm³/mol. The molecule has 0 bridgehead atoms. The molecule has 0 unspecified atom stereocenters. The van der Waals surface area contributed by atoms with Crippen LogP contribution in [0.2, 0.25) is 0 Å². The summed E-state index contributed by atoms with van der Waals surface area (Å²) in [6.07, 6.45) is 1.08. The van der Waals surface area contributed by atoms with Crippen LogP contribution in [0.25, 0.3) is 61.0 Å². The maximum absolute atomic E-state index is 15.3. The van der Waals surface area contributed by atoms with Crippen LogP contribution in [0.1, 0.15) is 21.7 Å². The monoisotopic (exact) mass is 737 g/mol. The van der Waals surface area contributed by atoms with Crippen molar-refractivity contribution in [1.29, 1.82) is 0 Å². The largest absolute Gasteiger partial charge is 0.455 e. The van der Waals surface area contributed by atoms with Gasteiger partial charge in [-0.2, -0.15) is 0 Å². The Kier molecular flexibility index (Phi) is 8.43. The number of benzene rings is 3. The fourth-order valence-electron chi connectivity index (χ4n) is 7.15. The molecule has 1 N–H and O–H groups in total. The number of halogens is 2. The van der Waals surface area contributed by atoms with Gasteiger partial charge < -0.3 is 14.6 Å². The molecule has 1 aliphatic rings. The van der Waals surface area contributed by atoms with Gasteiger partial charge in [-0.05, 0) is 68.1 Å². The summed E-state index contributed by atoms with van der Waals surface area (Å²) in [6.45, 7) is 5.90. The van der Waals surface area contributed by atoms with Gasteiger partial charge >= 0.3 is 0 Å². The van der Waals surface area contributed by atoms with Crippen molar-refractivity contribution >= 4 is 60.0 Å². The third-order valence-electron chi connectivity index (χ3n) is 10.1. The van der Waals surface area contributed by atoms with E-state index in [1.54, 1.807) is 43.3 Å². The lowest BCUT2D eigenvalue weighted by molar-refractivity contribution is 0.0964. The van der Waals surface area contributed by atoms with Crippen molar-refractivity contribution < 1.29 is 26.4 Å². The summed E-state index contributed by atoms with van der Waals surface area (Å²) in [4.78, 5) is 28.2. The summed E-state index contributed by atoms with van der Waals surface area (Å²) in [5.74, 6) is -0.699. The van der Waals surface area contributed by atoms with Crippen LogP contribution >= 0.6 is 0 Å². The zero-order valence-electron chi connectivity index (χ0n) is 29.9. The summed E-state index contributed by atoms with van der Waals surface area (Å²) >= 11 is 0. The lowest BCUT2D eigenvalue weighted by atomic mass is 10.00. The van der Waals surface area contributed by atoms with Crippen LogP contribution in [-0.2, 0) is 16.6 Å². The van der Waals surface area contributed by atoms with Crippen LogP contribution in [0.15, 0.2) is 71.1 Å². The number of carbonyl (C=O) groups is 1. The van der Waals surface area contributed by atoms with E-state index < -0.39 is 21.7 Å². The molecule has 53 heavy (non-hydrogen) atoms. The number of aryl methyl sites for hydroxylation is 1. The molecule has 1 saturated heterocycles. The number of rotatable bonds is 7. The van der Waals surface area contributed by atoms with Crippen molar-refractivity contribution in [2.75, 3.05) is 57.9 Å². The van der Waals surface area contributed by atoms with E-state index in [0.717, 1.165) is 42.6 Å². The molecule has 8 rings (SSSR count). The Hall–Kier alpha value is -5.44. The second-order valence-corrected chi connectivity index (χ2v) is 15.7. The Bertz CT molecular complexity index is 2740. The van der Waals surface area contributed by atoms with Crippen LogP contribution in [0.5, 0.6) is 0 Å². The number of pyridine rings is 1. The smallest absolute Gasteiger partial charge is 0.255 e. The first kappa shape index (κ1) is 34.6. The summed E-state index contributed by atoms with van der Waals surface area (Å²) < 4.78 is 65.9. The number of anilines is 1. The molecule has 4 aromatic heterocycles. The third kappa shape index (κ3) is 5.96. The molecule has 3 aromatic carbocycles. The Balaban J connectivity index is 1.39. The van der Waals surface area contributed by atoms with Crippen LogP contribution in [0.3, 0.4) is 0 Å². The SMILES string of the molecule is CNC(=O)c1c(-c2ccc(C)cc2F)oc2cc(N(C)S(C)(=O)=O)c(-c3ccc4nc(CN5CCN(C)CC5)n5c6cccc(F)c6cc5c4n3)cc12. The van der Waals surface area contributed by atoms with E-state index in [-0.39, 0.29) is 34.0 Å². The number of furan rings is 1. The Morgan fingerprint density at radius 2 is 1.70 bits per heavy atom. The molecule has 0 atom stereocenters. The van der Waals surface area contributed by atoms with Crippen molar-refractivity contribution in [3.8, 4) is 22.6 Å². The van der Waals surface area contributed by atoms with Gasteiger partial charge in [-0.3, -0.25) is 18.4 Å². The van der Waals surface area contributed by atoms with E-state index in [9.17, 15) is 13.2 Å². The average Bonchev–Trinajstić information content (AvgIpc) is 3.71. The number of nitrogens with zero attached hydrogens (tertiary/aromatic N) is 6. The van der Waals surface area contributed by atoms with Gasteiger partial charge in [0.2, 0.25) is 10.0 Å². The standard InChI is InChI=1S/C39H37F2N7O4S/c1-22-9-10-23(28(41)17-22)38-36(39(49)42-2)26-18-25(32(20-34(26)52-38)46(4)53(5,50)51)29-11-12-30-37(44-29)33-19-24-27(40)7-6-8-31(24)48(33)35(43-30)21-47-15-13-45(3)14-16-47/h6-12,17-20H,13-16,21H2,1-5H3,(H,42,49). The lowest BCUT2D eigenvalue weighted by Crippen LogP contribution is -2.44. The Morgan fingerprint density at radius 1 is 0.925 bits per heavy atom. The fraction of sp³-hybridized carbons (Fsp3) is 0.256. The second-order valence-electron chi connectivity index (χ2n) is 13.7. The van der Waals surface area contributed by atoms with Crippen molar-refractivity contribution in [3.05, 3.63) is 95.3 Å². The van der Waals surface area contributed by atoms with E-state index in [1.807, 2.05) is 16.5 Å². The first-order valence-corrected chi connectivity index (χ1v) is 19.0. The number of piperazine rings is 1. The molecule has 11 nitrogen and oxygen atoms in total. The molecule has 1 aliphatic heterocycles. The number of fused-ring (bicyclic) bond motifs is 6. The lowest BCUT2D eigenvalue weighted by Gasteiger charge is -2.32. The maximum Gasteiger partial charge on any atom is 0.255 e. The molecule has 7 aromatic rings. The first-order valence-electron chi connectivity index (χ1n) is 17.2. The molecule has 0 aliphatic carbocycles. The number of hydrogen-bond acceptors (Lipinski definition) is 8. The normalized spacial score (nSPS) is 14.5. The number of amides is 1. The third-order valence-corrected chi connectivity index (χ3v) is 11.3. The number of nitrogens with one attached hydrogen (secondary N) is 1. The molecule has 5 heterocycles. The molecule has 1 fully saturated rings. The van der Waals surface area contributed by atoms with Gasteiger partial charge in [0.25, 0.3) is 5.91 Å². The van der Waals surface area contributed by atoms with Crippen LogP contribution < -0.4 is 9.62 Å². The molecule has 0 radical (unpaired) electrons. The summed E-state index contributed by atoms with van der Waals surface area (Å²) in [5, 5.41) is 3.39. The first-order chi connectivity index (χ1) is 25.3. The second kappa shape index (κ2) is 12.9. The minimum absolute atomic E-state index is 0.00844. The van der Waals surface area contributed by atoms with Crippen LogP contribution in [0, 0.1) is 18.6 Å². The molecule has 0 spiro atoms.